The number of benzene rings is 1. The minimum Gasteiger partial charge on any atom is -0.314 e. The first kappa shape index (κ1) is 12.5. The molecule has 4 nitrogen and oxygen atoms in total. The monoisotopic (exact) mass is 250 g/mol. The van der Waals surface area contributed by atoms with Gasteiger partial charge in [0, 0.05) is 6.54 Å². The van der Waals surface area contributed by atoms with Crippen molar-refractivity contribution in [2.24, 2.45) is 5.92 Å². The fourth-order valence-corrected chi connectivity index (χ4v) is 2.00. The van der Waals surface area contributed by atoms with Crippen LogP contribution in [0.5, 0.6) is 0 Å². The number of anilines is 1. The molecule has 0 spiro atoms. The van der Waals surface area contributed by atoms with E-state index in [-0.39, 0.29) is 24.1 Å². The summed E-state index contributed by atoms with van der Waals surface area (Å²) in [6, 6.07) is 5.35. The second-order valence-electron chi connectivity index (χ2n) is 4.74. The van der Waals surface area contributed by atoms with E-state index in [9.17, 15) is 14.0 Å². The fourth-order valence-electron chi connectivity index (χ4n) is 2.00. The van der Waals surface area contributed by atoms with Gasteiger partial charge in [-0.15, -0.1) is 0 Å². The van der Waals surface area contributed by atoms with Crippen LogP contribution in [0.25, 0.3) is 0 Å². The summed E-state index contributed by atoms with van der Waals surface area (Å²) in [5.74, 6) is -0.682. The van der Waals surface area contributed by atoms with Crippen LogP contribution in [0.4, 0.5) is 14.9 Å². The maximum atomic E-state index is 13.6. The van der Waals surface area contributed by atoms with Crippen molar-refractivity contribution in [3.05, 3.63) is 30.1 Å². The van der Waals surface area contributed by atoms with Crippen LogP contribution >= 0.6 is 0 Å². The average molecular weight is 250 g/mol. The molecule has 0 aromatic heterocycles. The standard InChI is InChI=1S/C13H15FN2O2/c1-9(2)7-15-8-12(17)16(13(15)18)11-6-4-3-5-10(11)14/h3-6,9H,7-8H2,1-2H3. The first-order valence-electron chi connectivity index (χ1n) is 5.87. The Morgan fingerprint density at radius 2 is 1.94 bits per heavy atom. The molecule has 0 unspecified atom stereocenters. The number of carbonyl (C=O) groups excluding carboxylic acids is 2. The summed E-state index contributed by atoms with van der Waals surface area (Å²) in [4.78, 5) is 26.3. The van der Waals surface area contributed by atoms with Gasteiger partial charge >= 0.3 is 6.03 Å². The third-order valence-electron chi connectivity index (χ3n) is 2.72. The third-order valence-corrected chi connectivity index (χ3v) is 2.72. The van der Waals surface area contributed by atoms with Crippen LogP contribution in [0.3, 0.4) is 0 Å². The van der Waals surface area contributed by atoms with E-state index < -0.39 is 11.8 Å². The van der Waals surface area contributed by atoms with Gasteiger partial charge in [-0.1, -0.05) is 26.0 Å². The quantitative estimate of drug-likeness (QED) is 0.772. The Hall–Kier alpha value is -1.91. The van der Waals surface area contributed by atoms with E-state index >= 15 is 0 Å². The summed E-state index contributed by atoms with van der Waals surface area (Å²) in [7, 11) is 0. The van der Waals surface area contributed by atoms with Gasteiger partial charge in [0.2, 0.25) is 0 Å². The predicted octanol–water partition coefficient (Wildman–Crippen LogP) is 2.25. The van der Waals surface area contributed by atoms with Gasteiger partial charge in [0.05, 0.1) is 5.69 Å². The maximum absolute atomic E-state index is 13.6. The molecule has 5 heteroatoms. The Morgan fingerprint density at radius 3 is 2.56 bits per heavy atom. The molecule has 1 aliphatic rings. The van der Waals surface area contributed by atoms with E-state index in [1.165, 1.54) is 23.1 Å². The number of halogens is 1. The number of carbonyl (C=O) groups is 2. The van der Waals surface area contributed by atoms with Crippen molar-refractivity contribution < 1.29 is 14.0 Å². The minimum absolute atomic E-state index is 0.0192. The Balaban J connectivity index is 2.27. The molecule has 0 saturated carbocycles. The SMILES string of the molecule is CC(C)CN1CC(=O)N(c2ccccc2F)C1=O. The summed E-state index contributed by atoms with van der Waals surface area (Å²) in [6.07, 6.45) is 0. The van der Waals surface area contributed by atoms with E-state index in [2.05, 4.69) is 0 Å². The zero-order valence-corrected chi connectivity index (χ0v) is 10.4. The van der Waals surface area contributed by atoms with Gasteiger partial charge in [-0.2, -0.15) is 0 Å². The van der Waals surface area contributed by atoms with Crippen molar-refractivity contribution in [2.45, 2.75) is 13.8 Å². The lowest BCUT2D eigenvalue weighted by Gasteiger charge is -2.18. The van der Waals surface area contributed by atoms with Crippen molar-refractivity contribution in [2.75, 3.05) is 18.0 Å². The van der Waals surface area contributed by atoms with Crippen LogP contribution in [0.15, 0.2) is 24.3 Å². The van der Waals surface area contributed by atoms with Gasteiger partial charge in [-0.3, -0.25) is 4.79 Å². The molecule has 1 fully saturated rings. The number of nitrogens with zero attached hydrogens (tertiary/aromatic N) is 2. The van der Waals surface area contributed by atoms with E-state index in [1.54, 1.807) is 6.07 Å². The number of hydrogen-bond donors (Lipinski definition) is 0. The Bertz CT molecular complexity index is 488. The number of para-hydroxylation sites is 1. The molecule has 0 N–H and O–H groups in total. The van der Waals surface area contributed by atoms with Crippen molar-refractivity contribution in [3.63, 3.8) is 0 Å². The van der Waals surface area contributed by atoms with Crippen molar-refractivity contribution in [3.8, 4) is 0 Å². The molecule has 1 aromatic rings. The second-order valence-corrected chi connectivity index (χ2v) is 4.74. The number of amides is 3. The Labute approximate surface area is 105 Å². The van der Waals surface area contributed by atoms with E-state index in [0.29, 0.717) is 6.54 Å². The lowest BCUT2D eigenvalue weighted by Crippen LogP contribution is -2.35. The highest BCUT2D eigenvalue weighted by Gasteiger charge is 2.38. The Kier molecular flexibility index (Phi) is 3.32. The number of rotatable bonds is 3. The molecule has 2 rings (SSSR count). The summed E-state index contributed by atoms with van der Waals surface area (Å²) in [6.45, 7) is 4.44. The first-order valence-corrected chi connectivity index (χ1v) is 5.87. The second kappa shape index (κ2) is 4.76. The van der Waals surface area contributed by atoms with Crippen molar-refractivity contribution >= 4 is 17.6 Å². The minimum atomic E-state index is -0.564. The van der Waals surface area contributed by atoms with E-state index in [4.69, 9.17) is 0 Å². The molecule has 1 heterocycles. The highest BCUT2D eigenvalue weighted by molar-refractivity contribution is 6.19. The van der Waals surface area contributed by atoms with E-state index in [1.807, 2.05) is 13.8 Å². The van der Waals surface area contributed by atoms with Crippen LogP contribution < -0.4 is 4.90 Å². The first-order chi connectivity index (χ1) is 8.50. The summed E-state index contributed by atoms with van der Waals surface area (Å²) >= 11 is 0. The number of urea groups is 1. The largest absolute Gasteiger partial charge is 0.331 e. The normalized spacial score (nSPS) is 16.0. The van der Waals surface area contributed by atoms with Crippen LogP contribution in [0.1, 0.15) is 13.8 Å². The molecular weight excluding hydrogens is 235 g/mol. The number of imide groups is 1. The van der Waals surface area contributed by atoms with Crippen LogP contribution in [0.2, 0.25) is 0 Å². The van der Waals surface area contributed by atoms with Gasteiger partial charge in [-0.25, -0.2) is 14.1 Å². The maximum Gasteiger partial charge on any atom is 0.331 e. The van der Waals surface area contributed by atoms with Crippen molar-refractivity contribution in [1.29, 1.82) is 0 Å². The van der Waals surface area contributed by atoms with E-state index in [0.717, 1.165) is 4.90 Å². The van der Waals surface area contributed by atoms with Crippen LogP contribution in [-0.4, -0.2) is 29.9 Å². The molecule has 3 amide bonds. The topological polar surface area (TPSA) is 40.6 Å². The molecule has 0 radical (unpaired) electrons. The molecule has 1 saturated heterocycles. The smallest absolute Gasteiger partial charge is 0.314 e. The Morgan fingerprint density at radius 1 is 1.28 bits per heavy atom. The van der Waals surface area contributed by atoms with Gasteiger partial charge < -0.3 is 4.90 Å². The average Bonchev–Trinajstić information content (AvgIpc) is 2.55. The van der Waals surface area contributed by atoms with Gasteiger partial charge in [0.15, 0.2) is 0 Å². The molecular formula is C13H15FN2O2. The summed E-state index contributed by atoms with van der Waals surface area (Å²) in [5.41, 5.74) is 0.0266. The molecule has 1 aliphatic heterocycles. The zero-order valence-electron chi connectivity index (χ0n) is 10.4. The molecule has 0 aliphatic carbocycles. The summed E-state index contributed by atoms with van der Waals surface area (Å²) < 4.78 is 13.6. The fraction of sp³-hybridized carbons (Fsp3) is 0.385. The third kappa shape index (κ3) is 2.20. The highest BCUT2D eigenvalue weighted by atomic mass is 19.1. The molecule has 0 atom stereocenters. The predicted molar refractivity (Wildman–Crippen MR) is 65.7 cm³/mol. The van der Waals surface area contributed by atoms with Gasteiger partial charge in [0.25, 0.3) is 5.91 Å². The highest BCUT2D eigenvalue weighted by Crippen LogP contribution is 2.24. The van der Waals surface area contributed by atoms with Crippen molar-refractivity contribution in [1.82, 2.24) is 4.90 Å². The molecule has 1 aromatic carbocycles. The number of hydrogen-bond acceptors (Lipinski definition) is 2. The molecule has 0 bridgehead atoms. The molecule has 96 valence electrons. The summed E-state index contributed by atoms with van der Waals surface area (Å²) in [5, 5.41) is 0. The van der Waals surface area contributed by atoms with Gasteiger partial charge in [0.1, 0.15) is 12.4 Å². The van der Waals surface area contributed by atoms with Crippen LogP contribution in [0, 0.1) is 11.7 Å². The van der Waals surface area contributed by atoms with Gasteiger partial charge in [-0.05, 0) is 18.1 Å². The molecule has 18 heavy (non-hydrogen) atoms. The van der Waals surface area contributed by atoms with Crippen LogP contribution in [-0.2, 0) is 4.79 Å². The lowest BCUT2D eigenvalue weighted by atomic mass is 10.2. The zero-order chi connectivity index (χ0) is 13.3. The lowest BCUT2D eigenvalue weighted by molar-refractivity contribution is -0.116.